The number of aromatic nitrogens is 4. The largest absolute Gasteiger partial charge is 0.331 e. The van der Waals surface area contributed by atoms with E-state index in [4.69, 9.17) is 5.73 Å². The summed E-state index contributed by atoms with van der Waals surface area (Å²) in [5, 5.41) is 4.05. The van der Waals surface area contributed by atoms with Crippen molar-refractivity contribution in [3.05, 3.63) is 51.6 Å². The van der Waals surface area contributed by atoms with Crippen molar-refractivity contribution in [1.82, 2.24) is 18.9 Å². The molecule has 0 fully saturated rings. The lowest BCUT2D eigenvalue weighted by Crippen LogP contribution is -2.40. The van der Waals surface area contributed by atoms with Crippen molar-refractivity contribution in [2.45, 2.75) is 19.6 Å². The summed E-state index contributed by atoms with van der Waals surface area (Å²) in [6.07, 6.45) is 5.00. The fourth-order valence-electron chi connectivity index (χ4n) is 1.70. The van der Waals surface area contributed by atoms with Gasteiger partial charge in [0.25, 0.3) is 5.56 Å². The molecular formula is C11H15N5O2. The molecule has 0 saturated carbocycles. The molecule has 96 valence electrons. The predicted molar refractivity (Wildman–Crippen MR) is 66.2 cm³/mol. The quantitative estimate of drug-likeness (QED) is 0.726. The molecule has 0 bridgehead atoms. The molecule has 2 aromatic heterocycles. The molecule has 0 aliphatic rings. The van der Waals surface area contributed by atoms with Crippen LogP contribution < -0.4 is 17.0 Å². The molecule has 7 nitrogen and oxygen atoms in total. The summed E-state index contributed by atoms with van der Waals surface area (Å²) in [7, 11) is 0. The lowest BCUT2D eigenvalue weighted by atomic mass is 10.5. The van der Waals surface area contributed by atoms with E-state index in [9.17, 15) is 9.59 Å². The maximum atomic E-state index is 12.0. The maximum Gasteiger partial charge on any atom is 0.331 e. The van der Waals surface area contributed by atoms with E-state index >= 15 is 0 Å². The molecule has 0 spiro atoms. The molecule has 7 heteroatoms. The van der Waals surface area contributed by atoms with Crippen molar-refractivity contribution in [3.63, 3.8) is 0 Å². The third-order valence-corrected chi connectivity index (χ3v) is 2.62. The van der Waals surface area contributed by atoms with Crippen LogP contribution in [0.25, 0.3) is 0 Å². The van der Waals surface area contributed by atoms with Crippen LogP contribution in [-0.4, -0.2) is 25.5 Å². The molecule has 2 N–H and O–H groups in total. The topological polar surface area (TPSA) is 87.8 Å². The number of nitrogens with two attached hydrogens (primary N) is 1. The molecule has 0 aliphatic heterocycles. The Labute approximate surface area is 103 Å². The summed E-state index contributed by atoms with van der Waals surface area (Å²) in [6.45, 7) is 1.54. The first kappa shape index (κ1) is 12.3. The molecule has 0 saturated heterocycles. The molecule has 2 heterocycles. The average molecular weight is 249 g/mol. The Hall–Kier alpha value is -2.15. The Balaban J connectivity index is 2.21. The van der Waals surface area contributed by atoms with Crippen LogP contribution in [0.5, 0.6) is 0 Å². The van der Waals surface area contributed by atoms with Crippen LogP contribution in [0.4, 0.5) is 0 Å². The Kier molecular flexibility index (Phi) is 3.73. The first-order chi connectivity index (χ1) is 8.72. The molecular weight excluding hydrogens is 234 g/mol. The standard InChI is InChI=1S/C11H15N5O2/c12-3-7-16-10(17)2-6-14(11(16)18)8-9-15-5-1-4-13-15/h1-2,4-6H,3,7-9,12H2. The van der Waals surface area contributed by atoms with Crippen LogP contribution >= 0.6 is 0 Å². The highest BCUT2D eigenvalue weighted by atomic mass is 16.2. The minimum absolute atomic E-state index is 0.236. The third-order valence-electron chi connectivity index (χ3n) is 2.62. The number of aryl methyl sites for hydroxylation is 2. The van der Waals surface area contributed by atoms with Crippen LogP contribution in [0.3, 0.4) is 0 Å². The van der Waals surface area contributed by atoms with Gasteiger partial charge in [0.1, 0.15) is 0 Å². The van der Waals surface area contributed by atoms with Crippen LogP contribution in [-0.2, 0) is 19.6 Å². The minimum atomic E-state index is -0.333. The van der Waals surface area contributed by atoms with Gasteiger partial charge in [0, 0.05) is 44.3 Å². The smallest absolute Gasteiger partial charge is 0.329 e. The van der Waals surface area contributed by atoms with Gasteiger partial charge in [0.2, 0.25) is 0 Å². The maximum absolute atomic E-state index is 12.0. The fourth-order valence-corrected chi connectivity index (χ4v) is 1.70. The van der Waals surface area contributed by atoms with Gasteiger partial charge in [0.15, 0.2) is 0 Å². The summed E-state index contributed by atoms with van der Waals surface area (Å²) in [5.74, 6) is 0. The van der Waals surface area contributed by atoms with E-state index in [-0.39, 0.29) is 24.3 Å². The minimum Gasteiger partial charge on any atom is -0.329 e. The Morgan fingerprint density at radius 2 is 2.00 bits per heavy atom. The van der Waals surface area contributed by atoms with Crippen LogP contribution in [0.15, 0.2) is 40.3 Å². The zero-order chi connectivity index (χ0) is 13.0. The van der Waals surface area contributed by atoms with Crippen molar-refractivity contribution < 1.29 is 0 Å². The first-order valence-electron chi connectivity index (χ1n) is 5.70. The fraction of sp³-hybridized carbons (Fsp3) is 0.364. The molecule has 0 aromatic carbocycles. The third kappa shape index (κ3) is 2.57. The number of rotatable bonds is 5. The molecule has 18 heavy (non-hydrogen) atoms. The Morgan fingerprint density at radius 3 is 2.67 bits per heavy atom. The van der Waals surface area contributed by atoms with E-state index in [0.717, 1.165) is 4.57 Å². The SMILES string of the molecule is NCCn1c(=O)ccn(CCn2cccn2)c1=O. The van der Waals surface area contributed by atoms with Gasteiger partial charge in [-0.25, -0.2) is 4.79 Å². The van der Waals surface area contributed by atoms with E-state index in [0.29, 0.717) is 13.1 Å². The van der Waals surface area contributed by atoms with E-state index in [2.05, 4.69) is 5.10 Å². The van der Waals surface area contributed by atoms with Gasteiger partial charge < -0.3 is 5.73 Å². The number of hydrogen-bond acceptors (Lipinski definition) is 4. The van der Waals surface area contributed by atoms with Gasteiger partial charge >= 0.3 is 5.69 Å². The highest BCUT2D eigenvalue weighted by molar-refractivity contribution is 4.86. The highest BCUT2D eigenvalue weighted by Gasteiger charge is 2.04. The van der Waals surface area contributed by atoms with Gasteiger partial charge in [-0.1, -0.05) is 0 Å². The monoisotopic (exact) mass is 249 g/mol. The van der Waals surface area contributed by atoms with Crippen LogP contribution in [0.1, 0.15) is 0 Å². The highest BCUT2D eigenvalue weighted by Crippen LogP contribution is 1.87. The number of hydrogen-bond donors (Lipinski definition) is 1. The molecule has 0 unspecified atom stereocenters. The first-order valence-corrected chi connectivity index (χ1v) is 5.70. The summed E-state index contributed by atoms with van der Waals surface area (Å²) in [4.78, 5) is 23.5. The summed E-state index contributed by atoms with van der Waals surface area (Å²) in [6, 6.07) is 3.19. The molecule has 0 amide bonds. The van der Waals surface area contributed by atoms with E-state index in [1.165, 1.54) is 16.8 Å². The summed E-state index contributed by atoms with van der Waals surface area (Å²) >= 11 is 0. The van der Waals surface area contributed by atoms with E-state index in [1.807, 2.05) is 12.3 Å². The average Bonchev–Trinajstić information content (AvgIpc) is 2.86. The van der Waals surface area contributed by atoms with Crippen molar-refractivity contribution in [1.29, 1.82) is 0 Å². The second kappa shape index (κ2) is 5.46. The van der Waals surface area contributed by atoms with Gasteiger partial charge in [0.05, 0.1) is 6.54 Å². The molecule has 0 atom stereocenters. The van der Waals surface area contributed by atoms with Gasteiger partial charge in [-0.3, -0.25) is 18.6 Å². The van der Waals surface area contributed by atoms with Gasteiger partial charge in [-0.05, 0) is 6.07 Å². The van der Waals surface area contributed by atoms with Crippen molar-refractivity contribution in [2.24, 2.45) is 5.73 Å². The van der Waals surface area contributed by atoms with Crippen molar-refractivity contribution >= 4 is 0 Å². The van der Waals surface area contributed by atoms with E-state index < -0.39 is 0 Å². The predicted octanol–water partition coefficient (Wildman–Crippen LogP) is -1.13. The normalized spacial score (nSPS) is 10.7. The lowest BCUT2D eigenvalue weighted by Gasteiger charge is -2.09. The summed E-state index contributed by atoms with van der Waals surface area (Å²) < 4.78 is 4.35. The molecule has 2 aromatic rings. The van der Waals surface area contributed by atoms with Crippen LogP contribution in [0, 0.1) is 0 Å². The van der Waals surface area contributed by atoms with Crippen LogP contribution in [0.2, 0.25) is 0 Å². The van der Waals surface area contributed by atoms with Gasteiger partial charge in [-0.2, -0.15) is 5.10 Å². The Morgan fingerprint density at radius 1 is 1.17 bits per heavy atom. The van der Waals surface area contributed by atoms with E-state index in [1.54, 1.807) is 10.9 Å². The molecule has 0 radical (unpaired) electrons. The summed E-state index contributed by atoms with van der Waals surface area (Å²) in [5.41, 5.74) is 4.73. The van der Waals surface area contributed by atoms with Crippen molar-refractivity contribution in [2.75, 3.05) is 6.54 Å². The zero-order valence-electron chi connectivity index (χ0n) is 9.90. The van der Waals surface area contributed by atoms with Crippen molar-refractivity contribution in [3.8, 4) is 0 Å². The molecule has 0 aliphatic carbocycles. The second-order valence-corrected chi connectivity index (χ2v) is 3.84. The zero-order valence-corrected chi connectivity index (χ0v) is 9.90. The Bertz CT molecular complexity index is 611. The number of nitrogens with zero attached hydrogens (tertiary/aromatic N) is 4. The van der Waals surface area contributed by atoms with Gasteiger partial charge in [-0.15, -0.1) is 0 Å². The molecule has 2 rings (SSSR count). The lowest BCUT2D eigenvalue weighted by molar-refractivity contribution is 0.490. The second-order valence-electron chi connectivity index (χ2n) is 3.84.